The second-order valence-corrected chi connectivity index (χ2v) is 6.70. The Bertz CT molecular complexity index is 795. The summed E-state index contributed by atoms with van der Waals surface area (Å²) in [5, 5.41) is 2.74. The predicted octanol–water partition coefficient (Wildman–Crippen LogP) is 2.38. The first-order valence-corrected chi connectivity index (χ1v) is 8.98. The van der Waals surface area contributed by atoms with Gasteiger partial charge in [0.15, 0.2) is 0 Å². The summed E-state index contributed by atoms with van der Waals surface area (Å²) in [5.41, 5.74) is 3.96. The Morgan fingerprint density at radius 3 is 2.38 bits per heavy atom. The third-order valence-electron chi connectivity index (χ3n) is 4.79. The highest BCUT2D eigenvalue weighted by Gasteiger charge is 2.21. The van der Waals surface area contributed by atoms with Crippen molar-refractivity contribution in [1.82, 2.24) is 10.2 Å². The first kappa shape index (κ1) is 18.0. The van der Waals surface area contributed by atoms with Crippen molar-refractivity contribution >= 4 is 17.5 Å². The molecular formula is C21H25N3O2. The maximum Gasteiger partial charge on any atom is 0.251 e. The van der Waals surface area contributed by atoms with Crippen LogP contribution < -0.4 is 10.2 Å². The minimum atomic E-state index is -0.199. The lowest BCUT2D eigenvalue weighted by Crippen LogP contribution is -2.51. The molecule has 1 aliphatic heterocycles. The molecule has 0 spiro atoms. The minimum Gasteiger partial charge on any atom is -0.368 e. The number of nitrogens with one attached hydrogen (secondary N) is 1. The van der Waals surface area contributed by atoms with Crippen molar-refractivity contribution in [3.63, 3.8) is 0 Å². The van der Waals surface area contributed by atoms with E-state index in [-0.39, 0.29) is 18.4 Å². The molecule has 0 unspecified atom stereocenters. The molecule has 0 saturated carbocycles. The summed E-state index contributed by atoms with van der Waals surface area (Å²) < 4.78 is 0. The molecule has 5 heteroatoms. The zero-order valence-electron chi connectivity index (χ0n) is 15.4. The SMILES string of the molecule is Cc1cccc(N2CCN(C(=O)CNC(=O)c3ccccc3C)CC2)c1. The predicted molar refractivity (Wildman–Crippen MR) is 103 cm³/mol. The van der Waals surface area contributed by atoms with Gasteiger partial charge in [-0.3, -0.25) is 9.59 Å². The van der Waals surface area contributed by atoms with E-state index < -0.39 is 0 Å². The van der Waals surface area contributed by atoms with Crippen LogP contribution in [0.3, 0.4) is 0 Å². The largest absolute Gasteiger partial charge is 0.368 e. The smallest absolute Gasteiger partial charge is 0.251 e. The number of piperazine rings is 1. The Kier molecular flexibility index (Phi) is 5.56. The molecular weight excluding hydrogens is 326 g/mol. The van der Waals surface area contributed by atoms with E-state index in [9.17, 15) is 9.59 Å². The molecule has 1 N–H and O–H groups in total. The third-order valence-corrected chi connectivity index (χ3v) is 4.79. The number of hydrogen-bond acceptors (Lipinski definition) is 3. The number of amides is 2. The molecule has 3 rings (SSSR count). The van der Waals surface area contributed by atoms with E-state index in [0.29, 0.717) is 18.7 Å². The van der Waals surface area contributed by atoms with Gasteiger partial charge in [0.05, 0.1) is 6.54 Å². The molecule has 136 valence electrons. The van der Waals surface area contributed by atoms with Gasteiger partial charge in [-0.2, -0.15) is 0 Å². The summed E-state index contributed by atoms with van der Waals surface area (Å²) >= 11 is 0. The van der Waals surface area contributed by atoms with Gasteiger partial charge in [-0.15, -0.1) is 0 Å². The lowest BCUT2D eigenvalue weighted by molar-refractivity contribution is -0.130. The van der Waals surface area contributed by atoms with Gasteiger partial charge < -0.3 is 15.1 Å². The van der Waals surface area contributed by atoms with Crippen LogP contribution in [0.2, 0.25) is 0 Å². The highest BCUT2D eigenvalue weighted by atomic mass is 16.2. The van der Waals surface area contributed by atoms with Gasteiger partial charge in [0.2, 0.25) is 5.91 Å². The number of anilines is 1. The Hall–Kier alpha value is -2.82. The van der Waals surface area contributed by atoms with Crippen LogP contribution in [-0.4, -0.2) is 49.4 Å². The summed E-state index contributed by atoms with van der Waals surface area (Å²) in [7, 11) is 0. The van der Waals surface area contributed by atoms with Crippen molar-refractivity contribution in [2.24, 2.45) is 0 Å². The van der Waals surface area contributed by atoms with Crippen LogP contribution >= 0.6 is 0 Å². The van der Waals surface area contributed by atoms with Crippen molar-refractivity contribution in [2.75, 3.05) is 37.6 Å². The van der Waals surface area contributed by atoms with Crippen LogP contribution in [0.25, 0.3) is 0 Å². The number of rotatable bonds is 4. The van der Waals surface area contributed by atoms with Crippen molar-refractivity contribution < 1.29 is 9.59 Å². The normalized spacial score (nSPS) is 14.2. The van der Waals surface area contributed by atoms with Crippen LogP contribution in [0.5, 0.6) is 0 Å². The number of carbonyl (C=O) groups excluding carboxylic acids is 2. The summed E-state index contributed by atoms with van der Waals surface area (Å²) in [6.45, 7) is 6.97. The van der Waals surface area contributed by atoms with Gasteiger partial charge in [-0.25, -0.2) is 0 Å². The van der Waals surface area contributed by atoms with Gasteiger partial charge in [0, 0.05) is 37.4 Å². The average Bonchev–Trinajstić information content (AvgIpc) is 2.66. The number of aryl methyl sites for hydroxylation is 2. The average molecular weight is 351 g/mol. The van der Waals surface area contributed by atoms with Crippen LogP contribution in [-0.2, 0) is 4.79 Å². The molecule has 5 nitrogen and oxygen atoms in total. The zero-order chi connectivity index (χ0) is 18.5. The van der Waals surface area contributed by atoms with Crippen molar-refractivity contribution in [2.45, 2.75) is 13.8 Å². The fraction of sp³-hybridized carbons (Fsp3) is 0.333. The second kappa shape index (κ2) is 8.04. The van der Waals surface area contributed by atoms with Gasteiger partial charge in [0.1, 0.15) is 0 Å². The fourth-order valence-corrected chi connectivity index (χ4v) is 3.23. The molecule has 0 atom stereocenters. The van der Waals surface area contributed by atoms with Crippen LogP contribution in [0.1, 0.15) is 21.5 Å². The Labute approximate surface area is 154 Å². The standard InChI is InChI=1S/C21H25N3O2/c1-16-6-5-8-18(14-16)23-10-12-24(13-11-23)20(25)15-22-21(26)19-9-4-3-7-17(19)2/h3-9,14H,10-13,15H2,1-2H3,(H,22,26). The quantitative estimate of drug-likeness (QED) is 0.920. The van der Waals surface area contributed by atoms with Crippen molar-refractivity contribution in [3.8, 4) is 0 Å². The second-order valence-electron chi connectivity index (χ2n) is 6.70. The zero-order valence-corrected chi connectivity index (χ0v) is 15.4. The Morgan fingerprint density at radius 2 is 1.69 bits per heavy atom. The minimum absolute atomic E-state index is 0.0316. The topological polar surface area (TPSA) is 52.6 Å². The Morgan fingerprint density at radius 1 is 0.962 bits per heavy atom. The summed E-state index contributed by atoms with van der Waals surface area (Å²) in [5.74, 6) is -0.231. The molecule has 2 aromatic carbocycles. The van der Waals surface area contributed by atoms with Gasteiger partial charge in [-0.1, -0.05) is 30.3 Å². The number of nitrogens with zero attached hydrogens (tertiary/aromatic N) is 2. The van der Waals surface area contributed by atoms with Crippen molar-refractivity contribution in [1.29, 1.82) is 0 Å². The van der Waals surface area contributed by atoms with E-state index in [1.165, 1.54) is 11.3 Å². The highest BCUT2D eigenvalue weighted by molar-refractivity contribution is 5.97. The Balaban J connectivity index is 1.49. The molecule has 26 heavy (non-hydrogen) atoms. The molecule has 0 aliphatic carbocycles. The maximum absolute atomic E-state index is 12.4. The van der Waals surface area contributed by atoms with E-state index in [0.717, 1.165) is 18.7 Å². The van der Waals surface area contributed by atoms with Gasteiger partial charge in [-0.05, 0) is 43.2 Å². The summed E-state index contributed by atoms with van der Waals surface area (Å²) in [4.78, 5) is 28.8. The lowest BCUT2D eigenvalue weighted by Gasteiger charge is -2.36. The molecule has 2 amide bonds. The van der Waals surface area contributed by atoms with E-state index in [1.54, 1.807) is 6.07 Å². The summed E-state index contributed by atoms with van der Waals surface area (Å²) in [6, 6.07) is 15.8. The first-order valence-electron chi connectivity index (χ1n) is 8.98. The van der Waals surface area contributed by atoms with E-state index in [4.69, 9.17) is 0 Å². The number of carbonyl (C=O) groups is 2. The monoisotopic (exact) mass is 351 g/mol. The van der Waals surface area contributed by atoms with E-state index in [1.807, 2.05) is 30.0 Å². The van der Waals surface area contributed by atoms with Crippen LogP contribution in [0.15, 0.2) is 48.5 Å². The van der Waals surface area contributed by atoms with E-state index >= 15 is 0 Å². The summed E-state index contributed by atoms with van der Waals surface area (Å²) in [6.07, 6.45) is 0. The number of hydrogen-bond donors (Lipinski definition) is 1. The molecule has 1 fully saturated rings. The lowest BCUT2D eigenvalue weighted by atomic mass is 10.1. The molecule has 0 radical (unpaired) electrons. The molecule has 0 bridgehead atoms. The molecule has 1 heterocycles. The third kappa shape index (κ3) is 4.23. The first-order chi connectivity index (χ1) is 12.5. The van der Waals surface area contributed by atoms with Crippen LogP contribution in [0, 0.1) is 13.8 Å². The highest BCUT2D eigenvalue weighted by Crippen LogP contribution is 2.17. The van der Waals surface area contributed by atoms with Crippen molar-refractivity contribution in [3.05, 3.63) is 65.2 Å². The molecule has 1 aliphatic rings. The van der Waals surface area contributed by atoms with Gasteiger partial charge in [0.25, 0.3) is 5.91 Å². The van der Waals surface area contributed by atoms with E-state index in [2.05, 4.69) is 41.4 Å². The van der Waals surface area contributed by atoms with Crippen LogP contribution in [0.4, 0.5) is 5.69 Å². The number of benzene rings is 2. The van der Waals surface area contributed by atoms with Gasteiger partial charge >= 0.3 is 0 Å². The fourth-order valence-electron chi connectivity index (χ4n) is 3.23. The molecule has 1 saturated heterocycles. The maximum atomic E-state index is 12.4. The molecule has 0 aromatic heterocycles. The molecule has 2 aromatic rings.